The normalized spacial score (nSPS) is 11.6. The average Bonchev–Trinajstić information content (AvgIpc) is 2.74. The summed E-state index contributed by atoms with van der Waals surface area (Å²) in [4.78, 5) is 28.4. The third-order valence-corrected chi connectivity index (χ3v) is 4.81. The summed E-state index contributed by atoms with van der Waals surface area (Å²) in [6.07, 6.45) is -0.401. The van der Waals surface area contributed by atoms with E-state index in [0.717, 1.165) is 12.1 Å². The number of nitrogens with one attached hydrogen (secondary N) is 1. The zero-order valence-corrected chi connectivity index (χ0v) is 17.0. The van der Waals surface area contributed by atoms with Gasteiger partial charge in [-0.15, -0.1) is 0 Å². The second kappa shape index (κ2) is 9.53. The lowest BCUT2D eigenvalue weighted by Crippen LogP contribution is -2.31. The number of aliphatic carboxylic acids is 1. The molecule has 2 N–H and O–H groups in total. The van der Waals surface area contributed by atoms with E-state index in [1.807, 2.05) is 0 Å². The first-order chi connectivity index (χ1) is 14.8. The fourth-order valence-electron chi connectivity index (χ4n) is 2.99. The molecule has 0 aliphatic rings. The molecule has 0 aliphatic carbocycles. The Hall–Kier alpha value is -3.52. The zero-order chi connectivity index (χ0) is 22.5. The Bertz CT molecular complexity index is 1140. The minimum absolute atomic E-state index is 0.0667. The van der Waals surface area contributed by atoms with Gasteiger partial charge in [-0.05, 0) is 42.0 Å². The zero-order valence-electron chi connectivity index (χ0n) is 16.2. The number of hydrogen-bond acceptors (Lipinski definition) is 4. The van der Waals surface area contributed by atoms with E-state index in [2.05, 4.69) is 10.3 Å². The highest BCUT2D eigenvalue weighted by atomic mass is 35.5. The Morgan fingerprint density at radius 2 is 1.87 bits per heavy atom. The molecule has 1 heterocycles. The second-order valence-corrected chi connectivity index (χ2v) is 6.93. The molecule has 0 saturated carbocycles. The molecule has 1 aromatic heterocycles. The fraction of sp³-hybridized carbons (Fsp3) is 0.136. The van der Waals surface area contributed by atoms with Gasteiger partial charge in [0.25, 0.3) is 5.91 Å². The number of rotatable bonds is 7. The van der Waals surface area contributed by atoms with Crippen LogP contribution in [0.25, 0.3) is 11.3 Å². The first-order valence-corrected chi connectivity index (χ1v) is 9.45. The number of methoxy groups -OCH3 is 1. The fourth-order valence-corrected chi connectivity index (χ4v) is 3.26. The molecule has 0 unspecified atom stereocenters. The van der Waals surface area contributed by atoms with Gasteiger partial charge in [0.2, 0.25) is 0 Å². The Kier molecular flexibility index (Phi) is 6.81. The van der Waals surface area contributed by atoms with Crippen molar-refractivity contribution in [3.05, 3.63) is 82.5 Å². The lowest BCUT2D eigenvalue weighted by Gasteiger charge is -2.19. The van der Waals surface area contributed by atoms with Crippen molar-refractivity contribution in [2.45, 2.75) is 12.5 Å². The van der Waals surface area contributed by atoms with Crippen molar-refractivity contribution in [1.29, 1.82) is 0 Å². The number of halogens is 3. The smallest absolute Gasteiger partial charge is 0.305 e. The second-order valence-electron chi connectivity index (χ2n) is 6.52. The molecule has 1 amide bonds. The number of carboxylic acid groups (broad SMARTS) is 1. The van der Waals surface area contributed by atoms with Crippen LogP contribution in [0.2, 0.25) is 5.02 Å². The van der Waals surface area contributed by atoms with Crippen LogP contribution in [0.1, 0.15) is 28.5 Å². The van der Waals surface area contributed by atoms with E-state index in [1.165, 1.54) is 25.3 Å². The van der Waals surface area contributed by atoms with Crippen LogP contribution in [0.3, 0.4) is 0 Å². The van der Waals surface area contributed by atoms with Gasteiger partial charge >= 0.3 is 5.97 Å². The predicted octanol–water partition coefficient (Wildman–Crippen LogP) is 4.63. The van der Waals surface area contributed by atoms with Gasteiger partial charge in [0.1, 0.15) is 17.1 Å². The number of aromatic nitrogens is 1. The van der Waals surface area contributed by atoms with Gasteiger partial charge in [-0.3, -0.25) is 9.59 Å². The molecular weight excluding hydrogens is 430 g/mol. The number of hydrogen-bond donors (Lipinski definition) is 2. The van der Waals surface area contributed by atoms with E-state index in [0.29, 0.717) is 10.6 Å². The summed E-state index contributed by atoms with van der Waals surface area (Å²) in [7, 11) is 1.38. The lowest BCUT2D eigenvalue weighted by molar-refractivity contribution is -0.137. The number of amides is 1. The maximum Gasteiger partial charge on any atom is 0.305 e. The molecule has 1 atom stereocenters. The summed E-state index contributed by atoms with van der Waals surface area (Å²) in [6, 6.07) is 11.7. The number of carboxylic acids is 1. The van der Waals surface area contributed by atoms with E-state index >= 15 is 0 Å². The number of carbonyl (C=O) groups excluding carboxylic acids is 1. The minimum Gasteiger partial charge on any atom is -0.494 e. The van der Waals surface area contributed by atoms with E-state index < -0.39 is 36.0 Å². The molecule has 2 aromatic carbocycles. The quantitative estimate of drug-likeness (QED) is 0.552. The third kappa shape index (κ3) is 5.16. The first kappa shape index (κ1) is 22.2. The molecule has 31 heavy (non-hydrogen) atoms. The molecule has 0 bridgehead atoms. The Morgan fingerprint density at radius 3 is 2.52 bits per heavy atom. The number of pyridine rings is 1. The number of benzene rings is 2. The highest BCUT2D eigenvalue weighted by Crippen LogP contribution is 2.30. The van der Waals surface area contributed by atoms with Crippen LogP contribution in [-0.4, -0.2) is 29.1 Å². The molecule has 9 heteroatoms. The summed E-state index contributed by atoms with van der Waals surface area (Å²) in [5, 5.41) is 12.2. The molecule has 0 fully saturated rings. The molecule has 0 radical (unpaired) electrons. The number of nitrogens with zero attached hydrogens (tertiary/aromatic N) is 1. The molecule has 0 aliphatic heterocycles. The van der Waals surface area contributed by atoms with Crippen molar-refractivity contribution < 1.29 is 28.2 Å². The molecular formula is C22H17ClF2N2O4. The molecule has 6 nitrogen and oxygen atoms in total. The van der Waals surface area contributed by atoms with Gasteiger partial charge in [0, 0.05) is 10.6 Å². The van der Waals surface area contributed by atoms with E-state index in [1.54, 1.807) is 24.3 Å². The molecule has 3 aromatic rings. The van der Waals surface area contributed by atoms with Gasteiger partial charge in [-0.1, -0.05) is 29.8 Å². The van der Waals surface area contributed by atoms with Crippen LogP contribution >= 0.6 is 11.6 Å². The lowest BCUT2D eigenvalue weighted by atomic mass is 10.0. The van der Waals surface area contributed by atoms with Crippen LogP contribution in [0.5, 0.6) is 5.75 Å². The number of carbonyl (C=O) groups is 2. The third-order valence-electron chi connectivity index (χ3n) is 4.47. The molecule has 3 rings (SSSR count). The largest absolute Gasteiger partial charge is 0.494 e. The first-order valence-electron chi connectivity index (χ1n) is 9.07. The Balaban J connectivity index is 1.95. The highest BCUT2D eigenvalue weighted by molar-refractivity contribution is 6.31. The SMILES string of the molecule is COc1ccc(C(=O)N[C@@H](CC(=O)O)c2ccccc2Cl)nc1-c1ccc(F)c(F)c1. The van der Waals surface area contributed by atoms with Crippen LogP contribution in [0.15, 0.2) is 54.6 Å². The standard InChI is InChI=1S/C22H17ClF2N2O4/c1-31-19-9-8-17(26-21(19)12-6-7-15(24)16(25)10-12)22(30)27-18(11-20(28)29)13-4-2-3-5-14(13)23/h2-10,18H,11H2,1H3,(H,27,30)(H,28,29)/t18-/m0/s1. The average molecular weight is 447 g/mol. The highest BCUT2D eigenvalue weighted by Gasteiger charge is 2.22. The molecule has 0 spiro atoms. The summed E-state index contributed by atoms with van der Waals surface area (Å²) in [5.74, 6) is -3.65. The van der Waals surface area contributed by atoms with E-state index in [9.17, 15) is 23.5 Å². The van der Waals surface area contributed by atoms with Gasteiger partial charge in [0.15, 0.2) is 11.6 Å². The van der Waals surface area contributed by atoms with Gasteiger partial charge in [0.05, 0.1) is 19.6 Å². The summed E-state index contributed by atoms with van der Waals surface area (Å²) in [5.41, 5.74) is 0.706. The predicted molar refractivity (Wildman–Crippen MR) is 110 cm³/mol. The van der Waals surface area contributed by atoms with Gasteiger partial charge < -0.3 is 15.2 Å². The summed E-state index contributed by atoms with van der Waals surface area (Å²) in [6.45, 7) is 0. The van der Waals surface area contributed by atoms with Crippen molar-refractivity contribution in [2.75, 3.05) is 7.11 Å². The maximum atomic E-state index is 13.7. The summed E-state index contributed by atoms with van der Waals surface area (Å²) >= 11 is 6.16. The monoisotopic (exact) mass is 446 g/mol. The Morgan fingerprint density at radius 1 is 1.13 bits per heavy atom. The van der Waals surface area contributed by atoms with E-state index in [-0.39, 0.29) is 22.7 Å². The van der Waals surface area contributed by atoms with Crippen molar-refractivity contribution in [1.82, 2.24) is 10.3 Å². The van der Waals surface area contributed by atoms with Crippen LogP contribution < -0.4 is 10.1 Å². The Labute approximate surface area is 181 Å². The van der Waals surface area contributed by atoms with Crippen molar-refractivity contribution in [3.8, 4) is 17.0 Å². The molecule has 0 saturated heterocycles. The van der Waals surface area contributed by atoms with E-state index in [4.69, 9.17) is 16.3 Å². The number of ether oxygens (including phenoxy) is 1. The van der Waals surface area contributed by atoms with Crippen molar-refractivity contribution >= 4 is 23.5 Å². The summed E-state index contributed by atoms with van der Waals surface area (Å²) < 4.78 is 32.2. The molecule has 160 valence electrons. The van der Waals surface area contributed by atoms with Crippen LogP contribution in [-0.2, 0) is 4.79 Å². The van der Waals surface area contributed by atoms with Crippen molar-refractivity contribution in [2.24, 2.45) is 0 Å². The van der Waals surface area contributed by atoms with Crippen molar-refractivity contribution in [3.63, 3.8) is 0 Å². The van der Waals surface area contributed by atoms with Gasteiger partial charge in [-0.2, -0.15) is 0 Å². The maximum absolute atomic E-state index is 13.7. The van der Waals surface area contributed by atoms with Gasteiger partial charge in [-0.25, -0.2) is 13.8 Å². The topological polar surface area (TPSA) is 88.5 Å². The van der Waals surface area contributed by atoms with Crippen LogP contribution in [0.4, 0.5) is 8.78 Å². The minimum atomic E-state index is -1.13. The van der Waals surface area contributed by atoms with Crippen LogP contribution in [0, 0.1) is 11.6 Å².